The monoisotopic (exact) mass is 267 g/mol. The Balaban J connectivity index is 2.31. The smallest absolute Gasteiger partial charge is 0.244 e. The van der Waals surface area contributed by atoms with Gasteiger partial charge < -0.3 is 15.2 Å². The van der Waals surface area contributed by atoms with Crippen LogP contribution in [-0.4, -0.2) is 37.4 Å². The molecule has 0 radical (unpaired) electrons. The number of aliphatic hydroxyl groups is 1. The number of halogens is 1. The van der Waals surface area contributed by atoms with Crippen LogP contribution >= 0.6 is 0 Å². The van der Waals surface area contributed by atoms with E-state index < -0.39 is 6.10 Å². The van der Waals surface area contributed by atoms with Crippen LogP contribution in [0.15, 0.2) is 30.3 Å². The summed E-state index contributed by atoms with van der Waals surface area (Å²) in [6.45, 7) is 0.603. The van der Waals surface area contributed by atoms with Gasteiger partial charge in [0.1, 0.15) is 5.82 Å². The average molecular weight is 267 g/mol. The molecule has 0 heterocycles. The van der Waals surface area contributed by atoms with Gasteiger partial charge in [0.15, 0.2) is 0 Å². The van der Waals surface area contributed by atoms with Crippen molar-refractivity contribution < 1.29 is 19.0 Å². The van der Waals surface area contributed by atoms with Gasteiger partial charge in [0.2, 0.25) is 5.91 Å². The number of carbonyl (C=O) groups excluding carboxylic acids is 1. The molecule has 1 atom stereocenters. The van der Waals surface area contributed by atoms with Gasteiger partial charge in [-0.2, -0.15) is 0 Å². The van der Waals surface area contributed by atoms with Gasteiger partial charge in [0, 0.05) is 19.7 Å². The van der Waals surface area contributed by atoms with Crippen molar-refractivity contribution >= 4 is 12.0 Å². The maximum absolute atomic E-state index is 12.9. The molecule has 1 unspecified atom stereocenters. The highest BCUT2D eigenvalue weighted by molar-refractivity contribution is 5.91. The van der Waals surface area contributed by atoms with E-state index >= 15 is 0 Å². The normalized spacial score (nSPS) is 12.6. The molecule has 5 heteroatoms. The fourth-order valence-corrected chi connectivity index (χ4v) is 1.48. The first-order chi connectivity index (χ1) is 9.11. The van der Waals surface area contributed by atoms with Crippen LogP contribution < -0.4 is 5.32 Å². The molecule has 0 saturated heterocycles. The van der Waals surface area contributed by atoms with Crippen molar-refractivity contribution in [2.45, 2.75) is 12.5 Å². The zero-order valence-electron chi connectivity index (χ0n) is 10.8. The van der Waals surface area contributed by atoms with Crippen LogP contribution in [0.1, 0.15) is 12.0 Å². The van der Waals surface area contributed by atoms with Gasteiger partial charge in [-0.15, -0.1) is 0 Å². The number of methoxy groups -OCH3 is 1. The summed E-state index contributed by atoms with van der Waals surface area (Å²) in [4.78, 5) is 11.4. The number of rotatable bonds is 7. The van der Waals surface area contributed by atoms with E-state index in [0.717, 1.165) is 0 Å². The second-order valence-corrected chi connectivity index (χ2v) is 4.08. The maximum Gasteiger partial charge on any atom is 0.244 e. The molecule has 19 heavy (non-hydrogen) atoms. The Morgan fingerprint density at radius 1 is 1.58 bits per heavy atom. The Labute approximate surface area is 111 Å². The summed E-state index contributed by atoms with van der Waals surface area (Å²) < 4.78 is 17.6. The van der Waals surface area contributed by atoms with Crippen LogP contribution in [0.25, 0.3) is 6.08 Å². The summed E-state index contributed by atoms with van der Waals surface area (Å²) in [7, 11) is 1.50. The summed E-state index contributed by atoms with van der Waals surface area (Å²) >= 11 is 0. The van der Waals surface area contributed by atoms with Gasteiger partial charge >= 0.3 is 0 Å². The van der Waals surface area contributed by atoms with Gasteiger partial charge in [0.25, 0.3) is 0 Å². The third-order valence-corrected chi connectivity index (χ3v) is 2.41. The Bertz CT molecular complexity index is 434. The first-order valence-corrected chi connectivity index (χ1v) is 6.00. The molecule has 1 amide bonds. The van der Waals surface area contributed by atoms with Crippen LogP contribution in [0, 0.1) is 5.82 Å². The largest absolute Gasteiger partial charge is 0.391 e. The van der Waals surface area contributed by atoms with Gasteiger partial charge in [-0.1, -0.05) is 12.1 Å². The van der Waals surface area contributed by atoms with Crippen molar-refractivity contribution in [2.24, 2.45) is 0 Å². The van der Waals surface area contributed by atoms with Crippen molar-refractivity contribution in [3.63, 3.8) is 0 Å². The van der Waals surface area contributed by atoms with Crippen LogP contribution in [0.3, 0.4) is 0 Å². The summed E-state index contributed by atoms with van der Waals surface area (Å²) in [5.74, 6) is -0.626. The number of hydrogen-bond acceptors (Lipinski definition) is 3. The Morgan fingerprint density at radius 2 is 2.37 bits per heavy atom. The van der Waals surface area contributed by atoms with Crippen LogP contribution in [0.2, 0.25) is 0 Å². The molecule has 4 nitrogen and oxygen atoms in total. The van der Waals surface area contributed by atoms with Crippen LogP contribution in [0.4, 0.5) is 4.39 Å². The molecule has 1 aromatic carbocycles. The molecule has 0 spiro atoms. The highest BCUT2D eigenvalue weighted by Gasteiger charge is 2.03. The van der Waals surface area contributed by atoms with E-state index in [1.54, 1.807) is 12.1 Å². The quantitative estimate of drug-likeness (QED) is 0.733. The minimum Gasteiger partial charge on any atom is -0.391 e. The summed E-state index contributed by atoms with van der Waals surface area (Å²) in [5.41, 5.74) is 0.620. The molecule has 0 aliphatic heterocycles. The molecular formula is C14H18FNO3. The fourth-order valence-electron chi connectivity index (χ4n) is 1.48. The number of aliphatic hydroxyl groups excluding tert-OH is 1. The number of ether oxygens (including phenoxy) is 1. The van der Waals surface area contributed by atoms with Crippen molar-refractivity contribution in [2.75, 3.05) is 20.3 Å². The molecule has 0 aromatic heterocycles. The van der Waals surface area contributed by atoms with Gasteiger partial charge in [0.05, 0.1) is 12.7 Å². The molecule has 0 aliphatic carbocycles. The van der Waals surface area contributed by atoms with E-state index in [1.807, 2.05) is 0 Å². The van der Waals surface area contributed by atoms with E-state index in [2.05, 4.69) is 5.32 Å². The van der Waals surface area contributed by atoms with Gasteiger partial charge in [-0.3, -0.25) is 4.79 Å². The lowest BCUT2D eigenvalue weighted by Crippen LogP contribution is -2.27. The van der Waals surface area contributed by atoms with E-state index in [1.165, 1.54) is 31.4 Å². The van der Waals surface area contributed by atoms with E-state index in [-0.39, 0.29) is 18.3 Å². The molecule has 2 N–H and O–H groups in total. The predicted octanol–water partition coefficient (Wildman–Crippen LogP) is 1.35. The lowest BCUT2D eigenvalue weighted by molar-refractivity contribution is -0.116. The average Bonchev–Trinajstić information content (AvgIpc) is 2.37. The maximum atomic E-state index is 12.9. The molecule has 0 saturated carbocycles. The van der Waals surface area contributed by atoms with Gasteiger partial charge in [-0.25, -0.2) is 4.39 Å². The van der Waals surface area contributed by atoms with Crippen molar-refractivity contribution in [3.8, 4) is 0 Å². The van der Waals surface area contributed by atoms with Crippen molar-refractivity contribution in [1.82, 2.24) is 5.32 Å². The van der Waals surface area contributed by atoms with Gasteiger partial charge in [-0.05, 0) is 30.2 Å². The Kier molecular flexibility index (Phi) is 6.78. The Morgan fingerprint density at radius 3 is 3.05 bits per heavy atom. The molecule has 0 aliphatic rings. The van der Waals surface area contributed by atoms with E-state index in [0.29, 0.717) is 18.5 Å². The predicted molar refractivity (Wildman–Crippen MR) is 70.9 cm³/mol. The standard InChI is InChI=1S/C14H18FNO3/c1-19-10-13(17)7-8-16-14(18)6-5-11-3-2-4-12(15)9-11/h2-6,9,13,17H,7-8,10H2,1H3,(H,16,18)/b6-5+. The number of hydrogen-bond donors (Lipinski definition) is 2. The molecule has 0 bridgehead atoms. The number of carbonyl (C=O) groups is 1. The van der Waals surface area contributed by atoms with Crippen LogP contribution in [0.5, 0.6) is 0 Å². The minimum absolute atomic E-state index is 0.245. The van der Waals surface area contributed by atoms with Crippen LogP contribution in [-0.2, 0) is 9.53 Å². The van der Waals surface area contributed by atoms with E-state index in [9.17, 15) is 14.3 Å². The second-order valence-electron chi connectivity index (χ2n) is 4.08. The first-order valence-electron chi connectivity index (χ1n) is 6.00. The highest BCUT2D eigenvalue weighted by atomic mass is 19.1. The molecule has 1 rings (SSSR count). The minimum atomic E-state index is -0.586. The lowest BCUT2D eigenvalue weighted by Gasteiger charge is -2.08. The molecule has 0 fully saturated rings. The fraction of sp³-hybridized carbons (Fsp3) is 0.357. The molecule has 104 valence electrons. The number of amides is 1. The van der Waals surface area contributed by atoms with Crippen molar-refractivity contribution in [1.29, 1.82) is 0 Å². The zero-order chi connectivity index (χ0) is 14.1. The summed E-state index contributed by atoms with van der Waals surface area (Å²) in [5, 5.41) is 12.0. The highest BCUT2D eigenvalue weighted by Crippen LogP contribution is 2.05. The SMILES string of the molecule is COCC(O)CCNC(=O)/C=C/c1cccc(F)c1. The van der Waals surface area contributed by atoms with Crippen molar-refractivity contribution in [3.05, 3.63) is 41.7 Å². The summed E-state index contributed by atoms with van der Waals surface area (Å²) in [6, 6.07) is 5.96. The summed E-state index contributed by atoms with van der Waals surface area (Å²) in [6.07, 6.45) is 2.70. The zero-order valence-corrected chi connectivity index (χ0v) is 10.8. The number of benzene rings is 1. The lowest BCUT2D eigenvalue weighted by atomic mass is 10.2. The number of nitrogens with one attached hydrogen (secondary N) is 1. The molecule has 1 aromatic rings. The third kappa shape index (κ3) is 6.69. The topological polar surface area (TPSA) is 58.6 Å². The first kappa shape index (κ1) is 15.3. The van der Waals surface area contributed by atoms with E-state index in [4.69, 9.17) is 4.74 Å². The third-order valence-electron chi connectivity index (χ3n) is 2.41. The Hall–Kier alpha value is -1.72. The second kappa shape index (κ2) is 8.39. The molecular weight excluding hydrogens is 249 g/mol.